The lowest BCUT2D eigenvalue weighted by molar-refractivity contribution is -0.151. The zero-order valence-electron chi connectivity index (χ0n) is 18.0. The van der Waals surface area contributed by atoms with Gasteiger partial charge in [0.25, 0.3) is 0 Å². The molecule has 0 aliphatic carbocycles. The molecule has 1 atom stereocenters. The number of rotatable bonds is 19. The third-order valence-electron chi connectivity index (χ3n) is 5.26. The van der Waals surface area contributed by atoms with Crippen LogP contribution in [-0.2, 0) is 14.3 Å². The molecule has 0 aliphatic rings. The van der Waals surface area contributed by atoms with Gasteiger partial charge in [-0.05, 0) is 24.9 Å². The molecule has 0 bridgehead atoms. The molecule has 0 fully saturated rings. The Bertz CT molecular complexity index is 390. The summed E-state index contributed by atoms with van der Waals surface area (Å²) in [7, 11) is 1.29. The number of ether oxygens (including phenoxy) is 1. The number of methoxy groups -OCH3 is 1. The van der Waals surface area contributed by atoms with Crippen molar-refractivity contribution >= 4 is 23.5 Å². The van der Waals surface area contributed by atoms with Crippen molar-refractivity contribution in [2.75, 3.05) is 19.1 Å². The number of ketones is 1. The first-order valence-corrected chi connectivity index (χ1v) is 12.3. The summed E-state index contributed by atoms with van der Waals surface area (Å²) in [6.07, 6.45) is 19.1. The van der Waals surface area contributed by atoms with Crippen LogP contribution in [0.4, 0.5) is 0 Å². The van der Waals surface area contributed by atoms with Gasteiger partial charge in [-0.2, -0.15) is 11.8 Å². The molecule has 0 spiro atoms. The van der Waals surface area contributed by atoms with Crippen LogP contribution in [0.25, 0.3) is 0 Å². The summed E-state index contributed by atoms with van der Waals surface area (Å²) < 4.78 is 4.76. The van der Waals surface area contributed by atoms with Gasteiger partial charge in [0, 0.05) is 6.42 Å². The molecule has 5 heteroatoms. The molecular weight excluding hydrogens is 358 g/mol. The van der Waals surface area contributed by atoms with E-state index < -0.39 is 11.5 Å². The summed E-state index contributed by atoms with van der Waals surface area (Å²) in [5.41, 5.74) is 4.63. The lowest BCUT2D eigenvalue weighted by Crippen LogP contribution is -2.55. The molecule has 0 aromatic rings. The van der Waals surface area contributed by atoms with Crippen molar-refractivity contribution in [2.45, 2.75) is 109 Å². The first-order valence-electron chi connectivity index (χ1n) is 10.9. The molecule has 0 heterocycles. The molecule has 0 amide bonds. The van der Waals surface area contributed by atoms with E-state index in [1.165, 1.54) is 71.3 Å². The number of hydrogen-bond donors (Lipinski definition) is 1. The van der Waals surface area contributed by atoms with Crippen LogP contribution in [0.3, 0.4) is 0 Å². The van der Waals surface area contributed by atoms with Crippen molar-refractivity contribution in [1.82, 2.24) is 0 Å². The minimum atomic E-state index is -1.46. The maximum Gasteiger partial charge on any atom is 0.333 e. The van der Waals surface area contributed by atoms with Crippen LogP contribution < -0.4 is 5.73 Å². The lowest BCUT2D eigenvalue weighted by atomic mass is 9.88. The van der Waals surface area contributed by atoms with Gasteiger partial charge < -0.3 is 10.5 Å². The number of esters is 1. The van der Waals surface area contributed by atoms with E-state index in [1.54, 1.807) is 11.8 Å². The summed E-state index contributed by atoms with van der Waals surface area (Å²) >= 11 is 1.58. The smallest absolute Gasteiger partial charge is 0.333 e. The Morgan fingerprint density at radius 2 is 1.30 bits per heavy atom. The fraction of sp³-hybridized carbons (Fsp3) is 0.909. The Hall–Kier alpha value is -0.550. The van der Waals surface area contributed by atoms with Crippen molar-refractivity contribution in [3.63, 3.8) is 0 Å². The molecule has 2 N–H and O–H groups in total. The maximum absolute atomic E-state index is 12.4. The van der Waals surface area contributed by atoms with E-state index in [2.05, 4.69) is 6.92 Å². The van der Waals surface area contributed by atoms with Crippen LogP contribution in [0, 0.1) is 0 Å². The number of nitrogens with two attached hydrogens (primary N) is 1. The van der Waals surface area contributed by atoms with E-state index >= 15 is 0 Å². The molecule has 160 valence electrons. The highest BCUT2D eigenvalue weighted by molar-refractivity contribution is 7.98. The monoisotopic (exact) mass is 401 g/mol. The topological polar surface area (TPSA) is 69.4 Å². The minimum Gasteiger partial charge on any atom is -0.467 e. The SMILES string of the molecule is CCCCCCCCCCCCCCCC(=O)C(N)(CCSC)C(=O)OC. The molecule has 1 unspecified atom stereocenters. The number of carbonyl (C=O) groups excluding carboxylic acids is 2. The molecule has 0 aromatic carbocycles. The van der Waals surface area contributed by atoms with Gasteiger partial charge in [-0.3, -0.25) is 4.79 Å². The summed E-state index contributed by atoms with van der Waals surface area (Å²) in [6.45, 7) is 2.26. The van der Waals surface area contributed by atoms with Crippen molar-refractivity contribution in [3.8, 4) is 0 Å². The van der Waals surface area contributed by atoms with Gasteiger partial charge in [-0.1, -0.05) is 84.0 Å². The summed E-state index contributed by atoms with van der Waals surface area (Å²) in [4.78, 5) is 24.4. The van der Waals surface area contributed by atoms with E-state index in [1.807, 2.05) is 6.26 Å². The Balaban J connectivity index is 3.72. The zero-order chi connectivity index (χ0) is 20.4. The first kappa shape index (κ1) is 26.4. The second-order valence-corrected chi connectivity index (χ2v) is 8.61. The van der Waals surface area contributed by atoms with E-state index in [9.17, 15) is 9.59 Å². The second kappa shape index (κ2) is 17.5. The molecular formula is C22H43NO3S. The maximum atomic E-state index is 12.4. The van der Waals surface area contributed by atoms with Crippen molar-refractivity contribution in [2.24, 2.45) is 5.73 Å². The van der Waals surface area contributed by atoms with E-state index in [0.29, 0.717) is 18.6 Å². The third-order valence-corrected chi connectivity index (χ3v) is 5.87. The molecule has 0 rings (SSSR count). The average molecular weight is 402 g/mol. The van der Waals surface area contributed by atoms with Crippen LogP contribution in [0.1, 0.15) is 103 Å². The molecule has 27 heavy (non-hydrogen) atoms. The molecule has 4 nitrogen and oxygen atoms in total. The number of thioether (sulfide) groups is 1. The zero-order valence-corrected chi connectivity index (χ0v) is 18.8. The molecule has 0 aliphatic heterocycles. The highest BCUT2D eigenvalue weighted by Gasteiger charge is 2.41. The Morgan fingerprint density at radius 1 is 0.852 bits per heavy atom. The standard InChI is InChI=1S/C22H43NO3S/c1-4-5-6-7-8-9-10-11-12-13-14-15-16-17-20(24)22(23,18-19-27-3)21(25)26-2/h4-19,23H2,1-3H3. The van der Waals surface area contributed by atoms with Crippen molar-refractivity contribution < 1.29 is 14.3 Å². The molecule has 0 aromatic heterocycles. The van der Waals surface area contributed by atoms with Crippen molar-refractivity contribution in [1.29, 1.82) is 0 Å². The fourth-order valence-corrected chi connectivity index (χ4v) is 3.85. The number of hydrogen-bond acceptors (Lipinski definition) is 5. The lowest BCUT2D eigenvalue weighted by Gasteiger charge is -2.24. The van der Waals surface area contributed by atoms with E-state index in [-0.39, 0.29) is 5.78 Å². The molecule has 0 radical (unpaired) electrons. The first-order chi connectivity index (χ1) is 13.0. The van der Waals surface area contributed by atoms with Crippen LogP contribution in [-0.4, -0.2) is 36.4 Å². The number of Topliss-reactive ketones (excluding diaryl/α,β-unsaturated/α-hetero) is 1. The Labute approximate surface area is 171 Å². The van der Waals surface area contributed by atoms with Crippen LogP contribution >= 0.6 is 11.8 Å². The summed E-state index contributed by atoms with van der Waals surface area (Å²) in [5, 5.41) is 0. The highest BCUT2D eigenvalue weighted by Crippen LogP contribution is 2.19. The van der Waals surface area contributed by atoms with Crippen LogP contribution in [0.5, 0.6) is 0 Å². The van der Waals surface area contributed by atoms with Crippen molar-refractivity contribution in [3.05, 3.63) is 0 Å². The van der Waals surface area contributed by atoms with Crippen LogP contribution in [0.15, 0.2) is 0 Å². The van der Waals surface area contributed by atoms with Gasteiger partial charge in [0.15, 0.2) is 11.3 Å². The predicted octanol–water partition coefficient (Wildman–Crippen LogP) is 5.66. The van der Waals surface area contributed by atoms with Gasteiger partial charge in [0.1, 0.15) is 0 Å². The van der Waals surface area contributed by atoms with Crippen LogP contribution in [0.2, 0.25) is 0 Å². The predicted molar refractivity (Wildman–Crippen MR) is 117 cm³/mol. The van der Waals surface area contributed by atoms with Gasteiger partial charge in [0.2, 0.25) is 0 Å². The molecule has 0 saturated carbocycles. The van der Waals surface area contributed by atoms with Gasteiger partial charge in [-0.25, -0.2) is 4.79 Å². The normalized spacial score (nSPS) is 13.3. The van der Waals surface area contributed by atoms with Gasteiger partial charge >= 0.3 is 5.97 Å². The third kappa shape index (κ3) is 12.5. The average Bonchev–Trinajstić information content (AvgIpc) is 2.68. The number of unbranched alkanes of at least 4 members (excludes halogenated alkanes) is 12. The summed E-state index contributed by atoms with van der Waals surface area (Å²) in [6, 6.07) is 0. The quantitative estimate of drug-likeness (QED) is 0.172. The summed E-state index contributed by atoms with van der Waals surface area (Å²) in [5.74, 6) is -0.0987. The Kier molecular flexibility index (Phi) is 17.2. The van der Waals surface area contributed by atoms with E-state index in [0.717, 1.165) is 19.3 Å². The highest BCUT2D eigenvalue weighted by atomic mass is 32.2. The largest absolute Gasteiger partial charge is 0.467 e. The Morgan fingerprint density at radius 3 is 1.70 bits per heavy atom. The fourth-order valence-electron chi connectivity index (χ4n) is 3.33. The molecule has 0 saturated heterocycles. The van der Waals surface area contributed by atoms with Gasteiger partial charge in [0.05, 0.1) is 7.11 Å². The van der Waals surface area contributed by atoms with E-state index in [4.69, 9.17) is 10.5 Å². The minimum absolute atomic E-state index is 0.175. The number of carbonyl (C=O) groups is 2. The second-order valence-electron chi connectivity index (χ2n) is 7.62. The van der Waals surface area contributed by atoms with Gasteiger partial charge in [-0.15, -0.1) is 0 Å².